The van der Waals surface area contributed by atoms with Gasteiger partial charge in [-0.3, -0.25) is 28.6 Å². The van der Waals surface area contributed by atoms with Gasteiger partial charge in [-0.1, -0.05) is 136 Å². The molecule has 0 bridgehead atoms. The van der Waals surface area contributed by atoms with Crippen LogP contribution in [-0.2, 0) is 20.9 Å². The molecule has 0 radical (unpaired) electrons. The number of benzene rings is 4. The van der Waals surface area contributed by atoms with Gasteiger partial charge in [-0.15, -0.1) is 11.3 Å². The zero-order valence-corrected chi connectivity index (χ0v) is 39.0. The minimum absolute atomic E-state index is 0.103. The SMILES string of the molecule is CCC(C)(CC(C)(C)CN1C(=O)/C(=c2\s/c(=C\c3ccc4c(c3)C3CCCCC3N4c3ccc(C=C(c4ccccc4)c4ccccc4)cc3)c(=O)n2CCC(=O)O)SC1=S)C(=O)O. The molecule has 3 heterocycles. The van der Waals surface area contributed by atoms with Crippen LogP contribution in [0.4, 0.5) is 11.4 Å². The predicted molar refractivity (Wildman–Crippen MR) is 263 cm³/mol. The molecule has 9 nitrogen and oxygen atoms in total. The fourth-order valence-electron chi connectivity index (χ4n) is 9.74. The van der Waals surface area contributed by atoms with Crippen molar-refractivity contribution in [3.05, 3.63) is 150 Å². The van der Waals surface area contributed by atoms with Crippen molar-refractivity contribution in [3.63, 3.8) is 0 Å². The Kier molecular flexibility index (Phi) is 13.0. The highest BCUT2D eigenvalue weighted by atomic mass is 32.2. The number of rotatable bonds is 14. The quantitative estimate of drug-likeness (QED) is 0.0829. The lowest BCUT2D eigenvalue weighted by molar-refractivity contribution is -0.150. The van der Waals surface area contributed by atoms with Gasteiger partial charge in [0.05, 0.1) is 16.4 Å². The summed E-state index contributed by atoms with van der Waals surface area (Å²) in [5.74, 6) is -1.98. The first-order valence-corrected chi connectivity index (χ1v) is 24.0. The van der Waals surface area contributed by atoms with Gasteiger partial charge in [0.1, 0.15) is 13.9 Å². The minimum Gasteiger partial charge on any atom is -0.481 e. The van der Waals surface area contributed by atoms with Crippen LogP contribution in [0.2, 0.25) is 0 Å². The number of aromatic nitrogens is 1. The van der Waals surface area contributed by atoms with E-state index in [4.69, 9.17) is 12.2 Å². The molecule has 0 spiro atoms. The number of fused-ring (bicyclic) bond motifs is 3. The number of aliphatic carboxylic acids is 2. The molecular formula is C52H53N3O6S3. The average Bonchev–Trinajstić information content (AvgIpc) is 3.88. The lowest BCUT2D eigenvalue weighted by Crippen LogP contribution is -2.42. The monoisotopic (exact) mass is 911 g/mol. The highest BCUT2D eigenvalue weighted by Gasteiger charge is 2.43. The first-order chi connectivity index (χ1) is 30.7. The van der Waals surface area contributed by atoms with Crippen molar-refractivity contribution in [2.24, 2.45) is 10.8 Å². The van der Waals surface area contributed by atoms with E-state index in [1.807, 2.05) is 45.0 Å². The first kappa shape index (κ1) is 45.0. The molecule has 12 heteroatoms. The van der Waals surface area contributed by atoms with E-state index in [0.29, 0.717) is 38.3 Å². The smallest absolute Gasteiger partial charge is 0.309 e. The maximum Gasteiger partial charge on any atom is 0.309 e. The molecule has 1 aliphatic carbocycles. The van der Waals surface area contributed by atoms with Crippen molar-refractivity contribution in [1.82, 2.24) is 9.47 Å². The Hall–Kier alpha value is -5.56. The molecule has 2 aliphatic heterocycles. The fourth-order valence-corrected chi connectivity index (χ4v) is 12.3. The Morgan fingerprint density at radius 2 is 1.50 bits per heavy atom. The van der Waals surface area contributed by atoms with E-state index in [9.17, 15) is 29.4 Å². The molecule has 1 saturated carbocycles. The summed E-state index contributed by atoms with van der Waals surface area (Å²) < 4.78 is 2.49. The lowest BCUT2D eigenvalue weighted by atomic mass is 9.72. The number of thiocarbonyl (C=S) groups is 1. The minimum atomic E-state index is -1.05. The number of hydrogen-bond acceptors (Lipinski definition) is 8. The van der Waals surface area contributed by atoms with Crippen molar-refractivity contribution in [2.45, 2.75) is 91.1 Å². The number of carboxylic acids is 2. The third-order valence-corrected chi connectivity index (χ3v) is 15.7. The van der Waals surface area contributed by atoms with Crippen molar-refractivity contribution in [2.75, 3.05) is 11.4 Å². The molecule has 1 saturated heterocycles. The molecule has 5 aromatic rings. The molecule has 8 rings (SSSR count). The normalized spacial score (nSPS) is 19.3. The molecular weight excluding hydrogens is 859 g/mol. The number of thioether (sulfide) groups is 1. The summed E-state index contributed by atoms with van der Waals surface area (Å²) in [5.41, 5.74) is 7.09. The van der Waals surface area contributed by atoms with Crippen LogP contribution in [0.25, 0.3) is 22.6 Å². The number of carboxylic acid groups (broad SMARTS) is 2. The average molecular weight is 912 g/mol. The van der Waals surface area contributed by atoms with E-state index in [-0.39, 0.29) is 35.9 Å². The van der Waals surface area contributed by atoms with Crippen LogP contribution in [0.1, 0.15) is 106 Å². The number of carbonyl (C=O) groups is 3. The Bertz CT molecular complexity index is 2790. The van der Waals surface area contributed by atoms with Gasteiger partial charge in [0.2, 0.25) is 0 Å². The number of hydrogen-bond donors (Lipinski definition) is 2. The fraction of sp³-hybridized carbons (Fsp3) is 0.327. The summed E-state index contributed by atoms with van der Waals surface area (Å²) in [6.45, 7) is 7.52. The van der Waals surface area contributed by atoms with E-state index < -0.39 is 22.8 Å². The van der Waals surface area contributed by atoms with Crippen LogP contribution in [0.5, 0.6) is 0 Å². The highest BCUT2D eigenvalue weighted by Crippen LogP contribution is 2.51. The second-order valence-electron chi connectivity index (χ2n) is 18.2. The summed E-state index contributed by atoms with van der Waals surface area (Å²) in [5, 5.41) is 19.6. The molecule has 1 amide bonds. The van der Waals surface area contributed by atoms with Crippen molar-refractivity contribution in [1.29, 1.82) is 0 Å². The summed E-state index contributed by atoms with van der Waals surface area (Å²) >= 11 is 7.99. The van der Waals surface area contributed by atoms with E-state index >= 15 is 0 Å². The van der Waals surface area contributed by atoms with E-state index in [1.165, 1.54) is 32.1 Å². The lowest BCUT2D eigenvalue weighted by Gasteiger charge is -2.36. The van der Waals surface area contributed by atoms with Crippen molar-refractivity contribution < 1.29 is 24.6 Å². The standard InChI is InChI=1S/C52H53N3O6S3/c1-5-52(4,49(60)61)31-51(2,3)32-54-47(59)45(64-50(54)62)48-53(27-26-44(56)57)46(58)43(63-48)30-34-22-25-42-40(29-34)38-18-12-13-19-41(38)55(42)37-23-20-33(21-24-37)28-39(35-14-8-6-9-15-35)36-16-10-7-11-17-36/h6-11,14-17,20-25,28-30,38,41H,5,12-13,18-19,26-27,31-32H2,1-4H3,(H,56,57)(H,60,61)/b43-30-,48-45+. The van der Waals surface area contributed by atoms with Gasteiger partial charge in [0, 0.05) is 36.4 Å². The summed E-state index contributed by atoms with van der Waals surface area (Å²) in [4.78, 5) is 56.5. The third kappa shape index (κ3) is 9.18. The Labute approximate surface area is 387 Å². The number of anilines is 2. The van der Waals surface area contributed by atoms with Crippen LogP contribution in [0.3, 0.4) is 0 Å². The first-order valence-electron chi connectivity index (χ1n) is 22.0. The molecule has 3 atom stereocenters. The maximum absolute atomic E-state index is 14.2. The van der Waals surface area contributed by atoms with Crippen LogP contribution in [-0.4, -0.2) is 54.4 Å². The van der Waals surface area contributed by atoms with E-state index in [0.717, 1.165) is 71.0 Å². The van der Waals surface area contributed by atoms with Crippen LogP contribution in [0.15, 0.2) is 108 Å². The third-order valence-electron chi connectivity index (χ3n) is 13.0. The Morgan fingerprint density at radius 1 is 0.859 bits per heavy atom. The number of thiazole rings is 1. The predicted octanol–water partition coefficient (Wildman–Crippen LogP) is 9.87. The van der Waals surface area contributed by atoms with Gasteiger partial charge in [0.15, 0.2) is 0 Å². The molecule has 330 valence electrons. The molecule has 3 aliphatic rings. The summed E-state index contributed by atoms with van der Waals surface area (Å²) in [7, 11) is 0. The molecule has 2 fully saturated rings. The van der Waals surface area contributed by atoms with Gasteiger partial charge >= 0.3 is 11.9 Å². The second kappa shape index (κ2) is 18.5. The summed E-state index contributed by atoms with van der Waals surface area (Å²) in [6.07, 6.45) is 9.02. The van der Waals surface area contributed by atoms with Crippen LogP contribution < -0.4 is 19.7 Å². The van der Waals surface area contributed by atoms with Crippen molar-refractivity contribution >= 4 is 91.5 Å². The maximum atomic E-state index is 14.2. The topological polar surface area (TPSA) is 120 Å². The molecule has 64 heavy (non-hydrogen) atoms. The second-order valence-corrected chi connectivity index (χ2v) is 20.9. The van der Waals surface area contributed by atoms with Crippen LogP contribution in [0, 0.1) is 10.8 Å². The van der Waals surface area contributed by atoms with Gasteiger partial charge < -0.3 is 15.1 Å². The number of amides is 1. The Balaban J connectivity index is 1.13. The zero-order chi connectivity index (χ0) is 45.3. The summed E-state index contributed by atoms with van der Waals surface area (Å²) in [6, 6.07) is 36.5. The van der Waals surface area contributed by atoms with Gasteiger partial charge in [-0.2, -0.15) is 0 Å². The molecule has 4 aromatic carbocycles. The molecule has 3 unspecified atom stereocenters. The number of nitrogens with zero attached hydrogens (tertiary/aromatic N) is 3. The van der Waals surface area contributed by atoms with Gasteiger partial charge in [-0.05, 0) is 108 Å². The van der Waals surface area contributed by atoms with Crippen molar-refractivity contribution in [3.8, 4) is 0 Å². The highest BCUT2D eigenvalue weighted by molar-refractivity contribution is 8.30. The van der Waals surface area contributed by atoms with E-state index in [1.54, 1.807) is 6.92 Å². The molecule has 2 N–H and O–H groups in total. The van der Waals surface area contributed by atoms with Gasteiger partial charge in [-0.25, -0.2) is 0 Å². The van der Waals surface area contributed by atoms with Gasteiger partial charge in [0.25, 0.3) is 11.5 Å². The largest absolute Gasteiger partial charge is 0.481 e. The Morgan fingerprint density at radius 3 is 2.12 bits per heavy atom. The molecule has 1 aromatic heterocycles. The zero-order valence-electron chi connectivity index (χ0n) is 36.6. The van der Waals surface area contributed by atoms with Crippen LogP contribution >= 0.6 is 35.3 Å². The number of carbonyl (C=O) groups excluding carboxylic acids is 1. The van der Waals surface area contributed by atoms with E-state index in [2.05, 4.69) is 95.9 Å².